The molecule has 2 aromatic rings. The van der Waals surface area contributed by atoms with Crippen molar-refractivity contribution in [3.05, 3.63) is 63.1 Å². The second-order valence-electron chi connectivity index (χ2n) is 4.39. The van der Waals surface area contributed by atoms with Gasteiger partial charge in [0.05, 0.1) is 12.6 Å². The molecular formula is C16H17BrClNO. The van der Waals surface area contributed by atoms with Gasteiger partial charge in [-0.05, 0) is 55.4 Å². The van der Waals surface area contributed by atoms with Gasteiger partial charge in [0.2, 0.25) is 0 Å². The summed E-state index contributed by atoms with van der Waals surface area (Å²) >= 11 is 9.81. The van der Waals surface area contributed by atoms with Crippen molar-refractivity contribution in [2.24, 2.45) is 0 Å². The Morgan fingerprint density at radius 1 is 1.20 bits per heavy atom. The molecule has 0 aromatic heterocycles. The molecule has 0 aliphatic rings. The van der Waals surface area contributed by atoms with E-state index >= 15 is 0 Å². The van der Waals surface area contributed by atoms with E-state index in [-0.39, 0.29) is 6.04 Å². The van der Waals surface area contributed by atoms with Crippen LogP contribution < -0.4 is 10.1 Å². The minimum absolute atomic E-state index is 0.0516. The summed E-state index contributed by atoms with van der Waals surface area (Å²) in [5.74, 6) is 0.881. The lowest BCUT2D eigenvalue weighted by molar-refractivity contribution is 0.340. The van der Waals surface area contributed by atoms with Crippen molar-refractivity contribution in [1.29, 1.82) is 0 Å². The molecule has 0 saturated carbocycles. The minimum Gasteiger partial charge on any atom is -0.494 e. The summed E-state index contributed by atoms with van der Waals surface area (Å²) in [6.45, 7) is 2.65. The SMILES string of the molecule is CCOc1ccc(C(NC)c2cc(Br)ccc2Cl)cc1. The fraction of sp³-hybridized carbons (Fsp3) is 0.250. The molecule has 0 fully saturated rings. The molecule has 0 aliphatic carbocycles. The molecule has 2 nitrogen and oxygen atoms in total. The van der Waals surface area contributed by atoms with E-state index in [0.717, 1.165) is 26.4 Å². The van der Waals surface area contributed by atoms with E-state index in [9.17, 15) is 0 Å². The minimum atomic E-state index is 0.0516. The van der Waals surface area contributed by atoms with Crippen LogP contribution in [0.1, 0.15) is 24.1 Å². The lowest BCUT2D eigenvalue weighted by Gasteiger charge is -2.19. The summed E-state index contributed by atoms with van der Waals surface area (Å²) in [4.78, 5) is 0. The molecule has 0 bridgehead atoms. The molecule has 0 radical (unpaired) electrons. The van der Waals surface area contributed by atoms with Gasteiger partial charge in [-0.15, -0.1) is 0 Å². The zero-order chi connectivity index (χ0) is 14.5. The first-order valence-corrected chi connectivity index (χ1v) is 7.67. The van der Waals surface area contributed by atoms with Crippen molar-refractivity contribution in [2.45, 2.75) is 13.0 Å². The van der Waals surface area contributed by atoms with Crippen LogP contribution in [-0.4, -0.2) is 13.7 Å². The normalized spacial score (nSPS) is 12.2. The Morgan fingerprint density at radius 3 is 2.50 bits per heavy atom. The molecule has 1 unspecified atom stereocenters. The molecule has 0 aliphatic heterocycles. The second-order valence-corrected chi connectivity index (χ2v) is 5.71. The summed E-state index contributed by atoms with van der Waals surface area (Å²) in [5, 5.41) is 4.06. The molecule has 2 aromatic carbocycles. The molecular weight excluding hydrogens is 338 g/mol. The topological polar surface area (TPSA) is 21.3 Å². The van der Waals surface area contributed by atoms with Gasteiger partial charge in [-0.25, -0.2) is 0 Å². The molecule has 0 heterocycles. The van der Waals surface area contributed by atoms with Crippen molar-refractivity contribution < 1.29 is 4.74 Å². The first-order valence-electron chi connectivity index (χ1n) is 6.50. The number of hydrogen-bond donors (Lipinski definition) is 1. The van der Waals surface area contributed by atoms with Crippen LogP contribution in [0.25, 0.3) is 0 Å². The van der Waals surface area contributed by atoms with Crippen LogP contribution >= 0.6 is 27.5 Å². The predicted octanol–water partition coefficient (Wildman–Crippen LogP) is 4.81. The molecule has 1 atom stereocenters. The fourth-order valence-electron chi connectivity index (χ4n) is 2.16. The number of hydrogen-bond acceptors (Lipinski definition) is 2. The number of halogens is 2. The van der Waals surface area contributed by atoms with Gasteiger partial charge in [0.25, 0.3) is 0 Å². The third-order valence-electron chi connectivity index (χ3n) is 3.08. The van der Waals surface area contributed by atoms with E-state index in [2.05, 4.69) is 33.4 Å². The van der Waals surface area contributed by atoms with Crippen LogP contribution in [0.5, 0.6) is 5.75 Å². The monoisotopic (exact) mass is 353 g/mol. The number of benzene rings is 2. The molecule has 106 valence electrons. The lowest BCUT2D eigenvalue weighted by atomic mass is 9.99. The first kappa shape index (κ1) is 15.4. The maximum Gasteiger partial charge on any atom is 0.119 e. The van der Waals surface area contributed by atoms with Crippen molar-refractivity contribution in [3.63, 3.8) is 0 Å². The van der Waals surface area contributed by atoms with E-state index in [1.807, 2.05) is 44.3 Å². The first-order chi connectivity index (χ1) is 9.65. The highest BCUT2D eigenvalue weighted by Crippen LogP contribution is 2.31. The van der Waals surface area contributed by atoms with E-state index in [0.29, 0.717) is 6.61 Å². The number of ether oxygens (including phenoxy) is 1. The summed E-state index contributed by atoms with van der Waals surface area (Å²) in [6.07, 6.45) is 0. The highest BCUT2D eigenvalue weighted by atomic mass is 79.9. The Bertz CT molecular complexity index is 571. The van der Waals surface area contributed by atoms with Crippen LogP contribution in [0.15, 0.2) is 46.9 Å². The maximum absolute atomic E-state index is 6.32. The fourth-order valence-corrected chi connectivity index (χ4v) is 2.77. The molecule has 0 saturated heterocycles. The van der Waals surface area contributed by atoms with Crippen LogP contribution in [0, 0.1) is 0 Å². The summed E-state index contributed by atoms with van der Waals surface area (Å²) in [7, 11) is 1.93. The van der Waals surface area contributed by atoms with E-state index < -0.39 is 0 Å². The van der Waals surface area contributed by atoms with Crippen molar-refractivity contribution in [2.75, 3.05) is 13.7 Å². The highest BCUT2D eigenvalue weighted by Gasteiger charge is 2.15. The summed E-state index contributed by atoms with van der Waals surface area (Å²) in [5.41, 5.74) is 2.20. The molecule has 4 heteroatoms. The van der Waals surface area contributed by atoms with Crippen molar-refractivity contribution >= 4 is 27.5 Å². The smallest absolute Gasteiger partial charge is 0.119 e. The average Bonchev–Trinajstić information content (AvgIpc) is 2.45. The Hall–Kier alpha value is -1.03. The van der Waals surface area contributed by atoms with E-state index in [1.165, 1.54) is 0 Å². The van der Waals surface area contributed by atoms with Gasteiger partial charge < -0.3 is 10.1 Å². The Labute approximate surface area is 133 Å². The Kier molecular flexibility index (Phi) is 5.46. The van der Waals surface area contributed by atoms with Crippen LogP contribution in [0.2, 0.25) is 5.02 Å². The standard InChI is InChI=1S/C16H17BrClNO/c1-3-20-13-7-4-11(5-8-13)16(19-2)14-10-12(17)6-9-15(14)18/h4-10,16,19H,3H2,1-2H3. The van der Waals surface area contributed by atoms with Gasteiger partial charge in [-0.3, -0.25) is 0 Å². The Morgan fingerprint density at radius 2 is 1.90 bits per heavy atom. The zero-order valence-electron chi connectivity index (χ0n) is 11.5. The van der Waals surface area contributed by atoms with E-state index in [4.69, 9.17) is 16.3 Å². The Balaban J connectivity index is 2.34. The number of nitrogens with one attached hydrogen (secondary N) is 1. The van der Waals surface area contributed by atoms with Crippen molar-refractivity contribution in [3.8, 4) is 5.75 Å². The summed E-state index contributed by atoms with van der Waals surface area (Å²) < 4.78 is 6.49. The maximum atomic E-state index is 6.32. The molecule has 20 heavy (non-hydrogen) atoms. The molecule has 1 N–H and O–H groups in total. The van der Waals surface area contributed by atoms with Gasteiger partial charge in [-0.1, -0.05) is 39.7 Å². The van der Waals surface area contributed by atoms with Gasteiger partial charge in [0, 0.05) is 9.50 Å². The van der Waals surface area contributed by atoms with Gasteiger partial charge in [0.1, 0.15) is 5.75 Å². The van der Waals surface area contributed by atoms with Gasteiger partial charge >= 0.3 is 0 Å². The predicted molar refractivity (Wildman–Crippen MR) is 87.7 cm³/mol. The molecule has 0 amide bonds. The third-order valence-corrected chi connectivity index (χ3v) is 3.92. The van der Waals surface area contributed by atoms with E-state index in [1.54, 1.807) is 0 Å². The van der Waals surface area contributed by atoms with Gasteiger partial charge in [0.15, 0.2) is 0 Å². The summed E-state index contributed by atoms with van der Waals surface area (Å²) in [6, 6.07) is 14.0. The molecule has 0 spiro atoms. The third kappa shape index (κ3) is 3.54. The van der Waals surface area contributed by atoms with Crippen LogP contribution in [-0.2, 0) is 0 Å². The highest BCUT2D eigenvalue weighted by molar-refractivity contribution is 9.10. The van der Waals surface area contributed by atoms with Crippen molar-refractivity contribution in [1.82, 2.24) is 5.32 Å². The second kappa shape index (κ2) is 7.11. The zero-order valence-corrected chi connectivity index (χ0v) is 13.8. The average molecular weight is 355 g/mol. The largest absolute Gasteiger partial charge is 0.494 e. The molecule has 2 rings (SSSR count). The lowest BCUT2D eigenvalue weighted by Crippen LogP contribution is -2.18. The van der Waals surface area contributed by atoms with Crippen LogP contribution in [0.3, 0.4) is 0 Å². The quantitative estimate of drug-likeness (QED) is 0.832. The van der Waals surface area contributed by atoms with Gasteiger partial charge in [-0.2, -0.15) is 0 Å². The number of rotatable bonds is 5. The van der Waals surface area contributed by atoms with Crippen LogP contribution in [0.4, 0.5) is 0 Å².